The molecule has 10 heteroatoms. The molecule has 22 heavy (non-hydrogen) atoms. The Morgan fingerprint density at radius 2 is 1.73 bits per heavy atom. The molecular weight excluding hydrogens is 298 g/mol. The van der Waals surface area contributed by atoms with Crippen LogP contribution >= 0.6 is 0 Å². The lowest BCUT2D eigenvalue weighted by Gasteiger charge is -2.22. The molecule has 4 atom stereocenters. The van der Waals surface area contributed by atoms with Crippen LogP contribution in [0.3, 0.4) is 0 Å². The number of carbonyl (C=O) groups is 2. The van der Waals surface area contributed by atoms with Gasteiger partial charge in [0.15, 0.2) is 6.10 Å². The molecule has 120 valence electrons. The van der Waals surface area contributed by atoms with Gasteiger partial charge < -0.3 is 25.5 Å². The molecule has 0 aromatic carbocycles. The molecule has 1 heterocycles. The number of aliphatic carboxylic acids is 1. The number of aliphatic hydroxyl groups is 4. The largest absolute Gasteiger partial charge is 0.479 e. The predicted octanol–water partition coefficient (Wildman–Crippen LogP) is -2.67. The van der Waals surface area contributed by atoms with E-state index in [0.717, 1.165) is 0 Å². The van der Waals surface area contributed by atoms with Gasteiger partial charge in [0.1, 0.15) is 18.3 Å². The first-order valence-electron chi connectivity index (χ1n) is 6.03. The normalized spacial score (nSPS) is 16.7. The number of aliphatic hydroxyl groups excluding tert-OH is 4. The van der Waals surface area contributed by atoms with Crippen molar-refractivity contribution < 1.29 is 35.1 Å². The second-order valence-corrected chi connectivity index (χ2v) is 4.21. The lowest BCUT2D eigenvalue weighted by atomic mass is 10.0. The summed E-state index contributed by atoms with van der Waals surface area (Å²) >= 11 is 0. The quantitative estimate of drug-likeness (QED) is 0.233. The molecule has 1 amide bonds. The van der Waals surface area contributed by atoms with E-state index in [4.69, 9.17) is 10.2 Å². The Hall–Kier alpha value is -2.40. The van der Waals surface area contributed by atoms with Crippen molar-refractivity contribution >= 4 is 18.1 Å². The first kappa shape index (κ1) is 17.7. The number of nitrogens with one attached hydrogen (secondary N) is 1. The molecule has 0 aliphatic heterocycles. The van der Waals surface area contributed by atoms with Gasteiger partial charge in [-0.3, -0.25) is 9.78 Å². The Balaban J connectivity index is 2.55. The molecular formula is C12H15N3O7. The third-order valence-electron chi connectivity index (χ3n) is 2.61. The molecule has 0 saturated carbocycles. The van der Waals surface area contributed by atoms with Crippen molar-refractivity contribution in [1.29, 1.82) is 0 Å². The van der Waals surface area contributed by atoms with Crippen molar-refractivity contribution in [2.45, 2.75) is 24.4 Å². The lowest BCUT2D eigenvalue weighted by Crippen LogP contribution is -2.48. The van der Waals surface area contributed by atoms with Crippen LogP contribution in [0.15, 0.2) is 29.6 Å². The number of rotatable bonds is 7. The summed E-state index contributed by atoms with van der Waals surface area (Å²) in [5.74, 6) is -2.37. The second kappa shape index (κ2) is 8.14. The fourth-order valence-electron chi connectivity index (χ4n) is 1.36. The van der Waals surface area contributed by atoms with Crippen LogP contribution < -0.4 is 5.43 Å². The number of pyridine rings is 1. The summed E-state index contributed by atoms with van der Waals surface area (Å²) in [5, 5.41) is 49.1. The smallest absolute Gasteiger partial charge is 0.335 e. The van der Waals surface area contributed by atoms with E-state index in [1.54, 1.807) is 0 Å². The highest BCUT2D eigenvalue weighted by atomic mass is 16.4. The predicted molar refractivity (Wildman–Crippen MR) is 71.9 cm³/mol. The molecule has 10 nitrogen and oxygen atoms in total. The van der Waals surface area contributed by atoms with E-state index in [1.807, 2.05) is 5.43 Å². The van der Waals surface area contributed by atoms with Gasteiger partial charge in [-0.15, -0.1) is 0 Å². The number of carbonyl (C=O) groups excluding carboxylic acids is 1. The fourth-order valence-corrected chi connectivity index (χ4v) is 1.36. The topological polar surface area (TPSA) is 173 Å². The van der Waals surface area contributed by atoms with Gasteiger partial charge >= 0.3 is 5.97 Å². The van der Waals surface area contributed by atoms with Crippen LogP contribution in [0.2, 0.25) is 0 Å². The molecule has 6 N–H and O–H groups in total. The van der Waals surface area contributed by atoms with Crippen molar-refractivity contribution in [2.24, 2.45) is 5.10 Å². The Morgan fingerprint density at radius 1 is 1.14 bits per heavy atom. The number of aromatic nitrogens is 1. The van der Waals surface area contributed by atoms with Gasteiger partial charge in [0.2, 0.25) is 0 Å². The van der Waals surface area contributed by atoms with Gasteiger partial charge in [0.05, 0.1) is 6.21 Å². The average Bonchev–Trinajstić information content (AvgIpc) is 2.53. The molecule has 0 saturated heterocycles. The van der Waals surface area contributed by atoms with E-state index < -0.39 is 36.3 Å². The molecule has 1 aromatic rings. The molecule has 0 spiro atoms. The Kier molecular flexibility index (Phi) is 6.53. The third kappa shape index (κ3) is 4.86. The summed E-state index contributed by atoms with van der Waals surface area (Å²) in [4.78, 5) is 25.7. The standard InChI is InChI=1S/C12H15N3O7/c16-7(8(17)9(18)10(19)12(21)22)5-14-15-11(20)6-1-3-13-4-2-6/h1-5,7-10,16-19H,(H,15,20)(H,21,22)/b14-5+/t7-,8-,9-,10-/m0/s1. The maximum absolute atomic E-state index is 11.6. The summed E-state index contributed by atoms with van der Waals surface area (Å²) in [6.07, 6.45) is -4.75. The van der Waals surface area contributed by atoms with Gasteiger partial charge in [-0.25, -0.2) is 10.2 Å². The summed E-state index contributed by atoms with van der Waals surface area (Å²) in [6.45, 7) is 0. The van der Waals surface area contributed by atoms with E-state index in [-0.39, 0.29) is 5.56 Å². The van der Waals surface area contributed by atoms with Crippen LogP contribution in [-0.4, -0.2) is 73.0 Å². The molecule has 1 rings (SSSR count). The minimum atomic E-state index is -2.27. The van der Waals surface area contributed by atoms with Gasteiger partial charge in [0.25, 0.3) is 5.91 Å². The van der Waals surface area contributed by atoms with Crippen LogP contribution in [0.4, 0.5) is 0 Å². The number of hydrazone groups is 1. The van der Waals surface area contributed by atoms with Crippen molar-refractivity contribution in [3.05, 3.63) is 30.1 Å². The summed E-state index contributed by atoms with van der Waals surface area (Å²) < 4.78 is 0. The molecule has 0 radical (unpaired) electrons. The summed E-state index contributed by atoms with van der Waals surface area (Å²) in [5.41, 5.74) is 2.30. The monoisotopic (exact) mass is 313 g/mol. The van der Waals surface area contributed by atoms with Gasteiger partial charge in [0, 0.05) is 18.0 Å². The molecule has 0 aliphatic rings. The number of hydrogen-bond donors (Lipinski definition) is 6. The van der Waals surface area contributed by atoms with Crippen LogP contribution in [0.1, 0.15) is 10.4 Å². The van der Waals surface area contributed by atoms with Gasteiger partial charge in [-0.2, -0.15) is 5.10 Å². The number of nitrogens with zero attached hydrogens (tertiary/aromatic N) is 2. The molecule has 0 unspecified atom stereocenters. The van der Waals surface area contributed by atoms with Gasteiger partial charge in [-0.05, 0) is 12.1 Å². The van der Waals surface area contributed by atoms with Crippen LogP contribution in [0.5, 0.6) is 0 Å². The van der Waals surface area contributed by atoms with Crippen molar-refractivity contribution in [3.63, 3.8) is 0 Å². The highest BCUT2D eigenvalue weighted by Gasteiger charge is 2.33. The third-order valence-corrected chi connectivity index (χ3v) is 2.61. The highest BCUT2D eigenvalue weighted by molar-refractivity contribution is 5.94. The Morgan fingerprint density at radius 3 is 2.27 bits per heavy atom. The van der Waals surface area contributed by atoms with E-state index in [0.29, 0.717) is 6.21 Å². The van der Waals surface area contributed by atoms with Crippen molar-refractivity contribution in [2.75, 3.05) is 0 Å². The number of carboxylic acids is 1. The maximum atomic E-state index is 11.6. The summed E-state index contributed by atoms with van der Waals surface area (Å²) in [7, 11) is 0. The van der Waals surface area contributed by atoms with Crippen LogP contribution in [0.25, 0.3) is 0 Å². The van der Waals surface area contributed by atoms with E-state index in [1.165, 1.54) is 24.5 Å². The molecule has 0 fully saturated rings. The summed E-state index contributed by atoms with van der Waals surface area (Å²) in [6, 6.07) is 2.84. The Bertz CT molecular complexity index is 537. The van der Waals surface area contributed by atoms with E-state index >= 15 is 0 Å². The highest BCUT2D eigenvalue weighted by Crippen LogP contribution is 2.04. The first-order chi connectivity index (χ1) is 10.3. The zero-order valence-corrected chi connectivity index (χ0v) is 11.1. The minimum absolute atomic E-state index is 0.253. The van der Waals surface area contributed by atoms with Gasteiger partial charge in [-0.1, -0.05) is 0 Å². The zero-order valence-electron chi connectivity index (χ0n) is 11.1. The lowest BCUT2D eigenvalue weighted by molar-refractivity contribution is -0.160. The molecule has 1 aromatic heterocycles. The van der Waals surface area contributed by atoms with Crippen LogP contribution in [-0.2, 0) is 4.79 Å². The molecule has 0 aliphatic carbocycles. The maximum Gasteiger partial charge on any atom is 0.335 e. The van der Waals surface area contributed by atoms with Crippen LogP contribution in [0, 0.1) is 0 Å². The molecule has 0 bridgehead atoms. The number of hydrogen-bond acceptors (Lipinski definition) is 8. The SMILES string of the molecule is O=C(N/N=C/[C@H](O)[C@H](O)[C@H](O)[C@H](O)C(=O)O)c1ccncc1. The number of carboxylic acid groups (broad SMARTS) is 1. The van der Waals surface area contributed by atoms with E-state index in [2.05, 4.69) is 10.1 Å². The van der Waals surface area contributed by atoms with Crippen molar-refractivity contribution in [1.82, 2.24) is 10.4 Å². The van der Waals surface area contributed by atoms with E-state index in [9.17, 15) is 24.9 Å². The second-order valence-electron chi connectivity index (χ2n) is 4.21. The van der Waals surface area contributed by atoms with Crippen molar-refractivity contribution in [3.8, 4) is 0 Å². The first-order valence-corrected chi connectivity index (χ1v) is 6.03. The number of amides is 1. The Labute approximate surface area is 124 Å². The fraction of sp³-hybridized carbons (Fsp3) is 0.333. The minimum Gasteiger partial charge on any atom is -0.479 e. The zero-order chi connectivity index (χ0) is 16.7. The average molecular weight is 313 g/mol.